The Balaban J connectivity index is 2.23. The Morgan fingerprint density at radius 3 is 2.72 bits per heavy atom. The molecule has 2 aromatic heterocycles. The van der Waals surface area contributed by atoms with Crippen molar-refractivity contribution in [2.75, 3.05) is 11.9 Å². The lowest BCUT2D eigenvalue weighted by molar-refractivity contribution is 0.737. The molecule has 3 nitrogen and oxygen atoms in total. The van der Waals surface area contributed by atoms with E-state index in [9.17, 15) is 0 Å². The summed E-state index contributed by atoms with van der Waals surface area (Å²) in [5, 5.41) is 2.10. The van der Waals surface area contributed by atoms with E-state index in [1.165, 1.54) is 4.88 Å². The second-order valence-electron chi connectivity index (χ2n) is 4.54. The van der Waals surface area contributed by atoms with Gasteiger partial charge < -0.3 is 10.6 Å². The molecule has 2 rings (SSSR count). The first kappa shape index (κ1) is 13.1. The topological polar surface area (TPSA) is 42.1 Å². The number of hydrogen-bond acceptors (Lipinski definition) is 4. The second-order valence-corrected chi connectivity index (χ2v) is 5.52. The van der Waals surface area contributed by atoms with Gasteiger partial charge in [-0.2, -0.15) is 0 Å². The average molecular weight is 261 g/mol. The third-order valence-corrected chi connectivity index (χ3v) is 4.24. The molecule has 0 aliphatic heterocycles. The third kappa shape index (κ3) is 2.71. The molecule has 96 valence electrons. The van der Waals surface area contributed by atoms with Crippen LogP contribution in [0.4, 0.5) is 5.82 Å². The molecule has 4 heteroatoms. The number of hydrogen-bond donors (Lipinski definition) is 1. The minimum Gasteiger partial charge on any atom is -0.352 e. The maximum Gasteiger partial charge on any atom is 0.129 e. The third-order valence-electron chi connectivity index (χ3n) is 3.19. The fourth-order valence-electron chi connectivity index (χ4n) is 1.83. The number of pyridine rings is 1. The summed E-state index contributed by atoms with van der Waals surface area (Å²) in [5.74, 6) is 0.964. The zero-order valence-electron chi connectivity index (χ0n) is 11.0. The quantitative estimate of drug-likeness (QED) is 0.917. The van der Waals surface area contributed by atoms with Crippen LogP contribution in [0.1, 0.15) is 36.4 Å². The normalized spacial score (nSPS) is 14.2. The molecule has 0 aliphatic carbocycles. The van der Waals surface area contributed by atoms with Crippen LogP contribution in [0.2, 0.25) is 0 Å². The highest BCUT2D eigenvalue weighted by atomic mass is 32.1. The van der Waals surface area contributed by atoms with Crippen LogP contribution in [0.25, 0.3) is 0 Å². The highest BCUT2D eigenvalue weighted by Gasteiger charge is 2.14. The van der Waals surface area contributed by atoms with E-state index in [0.29, 0.717) is 6.04 Å². The van der Waals surface area contributed by atoms with Gasteiger partial charge in [-0.1, -0.05) is 6.07 Å². The zero-order valence-corrected chi connectivity index (χ0v) is 11.8. The van der Waals surface area contributed by atoms with Gasteiger partial charge in [0, 0.05) is 24.2 Å². The maximum absolute atomic E-state index is 5.91. The first-order chi connectivity index (χ1) is 8.59. The van der Waals surface area contributed by atoms with Crippen molar-refractivity contribution >= 4 is 17.2 Å². The van der Waals surface area contributed by atoms with Gasteiger partial charge in [0.15, 0.2) is 0 Å². The molecule has 0 aliphatic rings. The van der Waals surface area contributed by atoms with Gasteiger partial charge in [0.25, 0.3) is 0 Å². The molecule has 0 saturated heterocycles. The predicted molar refractivity (Wildman–Crippen MR) is 78.0 cm³/mol. The first-order valence-corrected chi connectivity index (χ1v) is 6.95. The number of nitrogens with two attached hydrogens (primary N) is 1. The summed E-state index contributed by atoms with van der Waals surface area (Å²) in [5.41, 5.74) is 7.03. The number of aromatic nitrogens is 1. The van der Waals surface area contributed by atoms with Gasteiger partial charge in [-0.25, -0.2) is 4.98 Å². The predicted octanol–water partition coefficient (Wildman–Crippen LogP) is 3.36. The lowest BCUT2D eigenvalue weighted by atomic mass is 10.1. The van der Waals surface area contributed by atoms with Gasteiger partial charge in [-0.15, -0.1) is 11.3 Å². The van der Waals surface area contributed by atoms with Gasteiger partial charge >= 0.3 is 0 Å². The van der Waals surface area contributed by atoms with Crippen LogP contribution in [-0.2, 0) is 0 Å². The van der Waals surface area contributed by atoms with Gasteiger partial charge in [-0.3, -0.25) is 0 Å². The van der Waals surface area contributed by atoms with Crippen molar-refractivity contribution in [2.45, 2.75) is 25.9 Å². The van der Waals surface area contributed by atoms with Gasteiger partial charge in [0.2, 0.25) is 0 Å². The van der Waals surface area contributed by atoms with Gasteiger partial charge in [0.1, 0.15) is 5.82 Å². The van der Waals surface area contributed by atoms with Crippen molar-refractivity contribution in [1.29, 1.82) is 0 Å². The summed E-state index contributed by atoms with van der Waals surface area (Å²) in [4.78, 5) is 7.94. The molecular weight excluding hydrogens is 242 g/mol. The summed E-state index contributed by atoms with van der Waals surface area (Å²) in [6.45, 7) is 4.17. The summed E-state index contributed by atoms with van der Waals surface area (Å²) in [6.07, 6.45) is 1.83. The first-order valence-electron chi connectivity index (χ1n) is 6.07. The van der Waals surface area contributed by atoms with E-state index in [-0.39, 0.29) is 6.04 Å². The van der Waals surface area contributed by atoms with Crippen molar-refractivity contribution in [3.63, 3.8) is 0 Å². The average Bonchev–Trinajstić information content (AvgIpc) is 2.91. The molecule has 2 heterocycles. The number of thiophene rings is 1. The molecule has 2 aromatic rings. The molecule has 18 heavy (non-hydrogen) atoms. The Kier molecular flexibility index (Phi) is 3.99. The van der Waals surface area contributed by atoms with E-state index in [1.807, 2.05) is 19.2 Å². The Bertz CT molecular complexity index is 494. The molecule has 2 atom stereocenters. The minimum atomic E-state index is 0.0391. The summed E-state index contributed by atoms with van der Waals surface area (Å²) >= 11 is 1.77. The Morgan fingerprint density at radius 1 is 1.33 bits per heavy atom. The largest absolute Gasteiger partial charge is 0.352 e. The van der Waals surface area contributed by atoms with Crippen LogP contribution in [0, 0.1) is 0 Å². The summed E-state index contributed by atoms with van der Waals surface area (Å²) in [6, 6.07) is 8.63. The van der Waals surface area contributed by atoms with Crippen LogP contribution >= 0.6 is 11.3 Å². The van der Waals surface area contributed by atoms with Crippen LogP contribution in [0.5, 0.6) is 0 Å². The van der Waals surface area contributed by atoms with Gasteiger partial charge in [0.05, 0.1) is 6.04 Å². The molecule has 1 unspecified atom stereocenters. The molecule has 0 radical (unpaired) electrons. The SMILES string of the molecule is CC(c1cccs1)N(C)c1cc([C@@H](C)N)ccn1. The molecular formula is C14H19N3S. The molecule has 0 aromatic carbocycles. The number of rotatable bonds is 4. The van der Waals surface area contributed by atoms with Crippen LogP contribution in [0.3, 0.4) is 0 Å². The van der Waals surface area contributed by atoms with Crippen LogP contribution in [0.15, 0.2) is 35.8 Å². The maximum atomic E-state index is 5.91. The monoisotopic (exact) mass is 261 g/mol. The van der Waals surface area contributed by atoms with E-state index in [2.05, 4.69) is 47.4 Å². The van der Waals surface area contributed by atoms with Crippen molar-refractivity contribution in [3.8, 4) is 0 Å². The molecule has 0 amide bonds. The lowest BCUT2D eigenvalue weighted by Crippen LogP contribution is -2.22. The number of anilines is 1. The molecule has 0 bridgehead atoms. The smallest absolute Gasteiger partial charge is 0.129 e. The second kappa shape index (κ2) is 5.50. The highest BCUT2D eigenvalue weighted by Crippen LogP contribution is 2.27. The van der Waals surface area contributed by atoms with Gasteiger partial charge in [-0.05, 0) is 43.0 Å². The minimum absolute atomic E-state index is 0.0391. The molecule has 0 saturated carbocycles. The fraction of sp³-hybridized carbons (Fsp3) is 0.357. The summed E-state index contributed by atoms with van der Waals surface area (Å²) in [7, 11) is 2.07. The molecule has 0 spiro atoms. The fourth-order valence-corrected chi connectivity index (χ4v) is 2.65. The van der Waals surface area contributed by atoms with Crippen LogP contribution < -0.4 is 10.6 Å². The lowest BCUT2D eigenvalue weighted by Gasteiger charge is -2.25. The Hall–Kier alpha value is -1.39. The van der Waals surface area contributed by atoms with E-state index in [4.69, 9.17) is 5.73 Å². The molecule has 0 fully saturated rings. The highest BCUT2D eigenvalue weighted by molar-refractivity contribution is 7.10. The van der Waals surface area contributed by atoms with E-state index < -0.39 is 0 Å². The molecule has 2 N–H and O–H groups in total. The summed E-state index contributed by atoms with van der Waals surface area (Å²) < 4.78 is 0. The van der Waals surface area contributed by atoms with Crippen molar-refractivity contribution in [3.05, 3.63) is 46.3 Å². The van der Waals surface area contributed by atoms with Crippen molar-refractivity contribution < 1.29 is 0 Å². The van der Waals surface area contributed by atoms with E-state index in [0.717, 1.165) is 11.4 Å². The van der Waals surface area contributed by atoms with Crippen LogP contribution in [-0.4, -0.2) is 12.0 Å². The Morgan fingerprint density at radius 2 is 2.11 bits per heavy atom. The zero-order chi connectivity index (χ0) is 13.1. The number of nitrogens with zero attached hydrogens (tertiary/aromatic N) is 2. The van der Waals surface area contributed by atoms with Crippen molar-refractivity contribution in [1.82, 2.24) is 4.98 Å². The Labute approximate surface area is 112 Å². The van der Waals surface area contributed by atoms with Crippen molar-refractivity contribution in [2.24, 2.45) is 5.73 Å². The van der Waals surface area contributed by atoms with E-state index in [1.54, 1.807) is 11.3 Å². The van der Waals surface area contributed by atoms with E-state index >= 15 is 0 Å². The standard InChI is InChI=1S/C14H19N3S/c1-10(15)12-6-7-16-14(9-12)17(3)11(2)13-5-4-8-18-13/h4-11H,15H2,1-3H3/t10-,11?/m1/s1.